The highest BCUT2D eigenvalue weighted by atomic mass is 35.5. The summed E-state index contributed by atoms with van der Waals surface area (Å²) >= 11 is 1.53. The van der Waals surface area contributed by atoms with Crippen molar-refractivity contribution in [2.75, 3.05) is 19.6 Å². The van der Waals surface area contributed by atoms with Gasteiger partial charge in [0.25, 0.3) is 5.56 Å². The number of thiophene rings is 1. The molecule has 0 radical (unpaired) electrons. The van der Waals surface area contributed by atoms with Crippen molar-refractivity contribution < 1.29 is 4.79 Å². The molecule has 3 aromatic heterocycles. The minimum Gasteiger partial charge on any atom is -0.333 e. The van der Waals surface area contributed by atoms with E-state index in [-0.39, 0.29) is 36.3 Å². The lowest BCUT2D eigenvalue weighted by molar-refractivity contribution is -0.134. The number of nitrogens with one attached hydrogen (secondary N) is 1. The van der Waals surface area contributed by atoms with Crippen LogP contribution in [0.25, 0.3) is 10.2 Å². The third-order valence-corrected chi connectivity index (χ3v) is 6.47. The predicted octanol–water partition coefficient (Wildman–Crippen LogP) is 2.45. The fourth-order valence-corrected chi connectivity index (χ4v) is 4.65. The molecule has 1 saturated heterocycles. The van der Waals surface area contributed by atoms with Gasteiger partial charge in [-0.3, -0.25) is 19.1 Å². The lowest BCUT2D eigenvalue weighted by atomic mass is 10.0. The number of carbonyl (C=O) groups is 1. The third kappa shape index (κ3) is 4.19. The van der Waals surface area contributed by atoms with Crippen LogP contribution in [-0.4, -0.2) is 45.0 Å². The summed E-state index contributed by atoms with van der Waals surface area (Å²) in [6.07, 6.45) is 5.37. The highest BCUT2D eigenvalue weighted by Crippen LogP contribution is 2.25. The molecule has 1 N–H and O–H groups in total. The van der Waals surface area contributed by atoms with Crippen LogP contribution in [0.4, 0.5) is 0 Å². The van der Waals surface area contributed by atoms with Crippen LogP contribution < -0.4 is 10.9 Å². The normalized spacial score (nSPS) is 16.6. The minimum atomic E-state index is -0.0660. The topological polar surface area (TPSA) is 80.1 Å². The van der Waals surface area contributed by atoms with E-state index in [9.17, 15) is 9.59 Å². The molecule has 1 aliphatic rings. The van der Waals surface area contributed by atoms with Gasteiger partial charge in [-0.1, -0.05) is 6.07 Å². The number of fused-ring (bicyclic) bond motifs is 1. The van der Waals surface area contributed by atoms with Gasteiger partial charge in [0.05, 0.1) is 17.8 Å². The molecule has 1 amide bonds. The predicted molar refractivity (Wildman–Crippen MR) is 117 cm³/mol. The number of hydrogen-bond acceptors (Lipinski definition) is 6. The van der Waals surface area contributed by atoms with Gasteiger partial charge in [-0.25, -0.2) is 4.98 Å². The first kappa shape index (κ1) is 21.4. The number of hydrogen-bond donors (Lipinski definition) is 1. The first-order valence-corrected chi connectivity index (χ1v) is 10.2. The summed E-state index contributed by atoms with van der Waals surface area (Å²) in [6, 6.07) is 3.85. The van der Waals surface area contributed by atoms with Gasteiger partial charge in [0.15, 0.2) is 0 Å². The van der Waals surface area contributed by atoms with Gasteiger partial charge in [0.1, 0.15) is 4.83 Å². The molecule has 1 unspecified atom stereocenters. The summed E-state index contributed by atoms with van der Waals surface area (Å²) < 4.78 is 1.56. The number of piperazine rings is 1. The van der Waals surface area contributed by atoms with Crippen molar-refractivity contribution in [3.63, 3.8) is 0 Å². The molecule has 3 aromatic rings. The highest BCUT2D eigenvalue weighted by molar-refractivity contribution is 7.18. The number of nitrogens with zero attached hydrogens (tertiary/aromatic N) is 4. The van der Waals surface area contributed by atoms with Crippen molar-refractivity contribution >= 4 is 39.9 Å². The Morgan fingerprint density at radius 2 is 2.21 bits per heavy atom. The third-order valence-electron chi connectivity index (χ3n) is 5.36. The molecule has 7 nitrogen and oxygen atoms in total. The van der Waals surface area contributed by atoms with Crippen LogP contribution in [0.15, 0.2) is 35.6 Å². The molecule has 0 spiro atoms. The van der Waals surface area contributed by atoms with Crippen LogP contribution in [0, 0.1) is 13.8 Å². The first-order valence-electron chi connectivity index (χ1n) is 9.41. The van der Waals surface area contributed by atoms with Crippen LogP contribution in [0.1, 0.15) is 28.5 Å². The average molecular weight is 434 g/mol. The van der Waals surface area contributed by atoms with E-state index in [4.69, 9.17) is 0 Å². The average Bonchev–Trinajstić information content (AvgIpc) is 3.02. The summed E-state index contributed by atoms with van der Waals surface area (Å²) in [5.41, 5.74) is 1.94. The van der Waals surface area contributed by atoms with E-state index < -0.39 is 0 Å². The van der Waals surface area contributed by atoms with Gasteiger partial charge >= 0.3 is 0 Å². The molecule has 1 aliphatic heterocycles. The Kier molecular flexibility index (Phi) is 6.66. The second-order valence-electron chi connectivity index (χ2n) is 7.05. The van der Waals surface area contributed by atoms with Crippen molar-refractivity contribution in [2.24, 2.45) is 0 Å². The van der Waals surface area contributed by atoms with E-state index in [2.05, 4.69) is 15.3 Å². The molecule has 154 valence electrons. The van der Waals surface area contributed by atoms with Crippen molar-refractivity contribution in [1.29, 1.82) is 0 Å². The largest absolute Gasteiger partial charge is 0.333 e. The number of amides is 1. The van der Waals surface area contributed by atoms with Crippen LogP contribution in [0.5, 0.6) is 0 Å². The van der Waals surface area contributed by atoms with Crippen molar-refractivity contribution in [3.05, 3.63) is 57.2 Å². The number of aryl methyl sites for hydroxylation is 3. The molecule has 0 saturated carbocycles. The van der Waals surface area contributed by atoms with E-state index in [1.807, 2.05) is 37.1 Å². The molecule has 1 fully saturated rings. The van der Waals surface area contributed by atoms with E-state index in [1.54, 1.807) is 17.1 Å². The number of carbonyl (C=O) groups excluding carboxylic acids is 1. The van der Waals surface area contributed by atoms with Gasteiger partial charge in [-0.2, -0.15) is 0 Å². The smallest absolute Gasteiger partial charge is 0.262 e. The Hall–Kier alpha value is -2.29. The minimum absolute atomic E-state index is 0. The van der Waals surface area contributed by atoms with Gasteiger partial charge in [0.2, 0.25) is 5.91 Å². The van der Waals surface area contributed by atoms with E-state index in [0.29, 0.717) is 25.0 Å². The summed E-state index contributed by atoms with van der Waals surface area (Å²) in [6.45, 7) is 6.40. The Labute approximate surface area is 179 Å². The number of halogens is 1. The molecule has 4 heterocycles. The molecule has 4 rings (SSSR count). The van der Waals surface area contributed by atoms with Crippen LogP contribution in [0.3, 0.4) is 0 Å². The SMILES string of the molecule is Cc1sc2ncn(CCC(=O)N3CCNCC3c3cccnc3)c(=O)c2c1C.Cl. The second-order valence-corrected chi connectivity index (χ2v) is 8.25. The Bertz CT molecular complexity index is 1070. The summed E-state index contributed by atoms with van der Waals surface area (Å²) in [5.74, 6) is 0.0422. The van der Waals surface area contributed by atoms with Crippen LogP contribution in [-0.2, 0) is 11.3 Å². The van der Waals surface area contributed by atoms with E-state index in [1.165, 1.54) is 11.3 Å². The molecular weight excluding hydrogens is 410 g/mol. The maximum atomic E-state index is 12.9. The molecule has 1 atom stereocenters. The van der Waals surface area contributed by atoms with Crippen LogP contribution in [0.2, 0.25) is 0 Å². The van der Waals surface area contributed by atoms with Crippen molar-refractivity contribution in [1.82, 2.24) is 24.8 Å². The Balaban J connectivity index is 0.00000240. The molecule has 9 heteroatoms. The fraction of sp³-hybridized carbons (Fsp3) is 0.400. The fourth-order valence-electron chi connectivity index (χ4n) is 3.66. The van der Waals surface area contributed by atoms with Gasteiger partial charge in [-0.05, 0) is 31.0 Å². The standard InChI is InChI=1S/C20H23N5O2S.ClH/c1-13-14(2)28-19-18(13)20(27)24(12-23-19)8-5-17(26)25-9-7-22-11-16(25)15-4-3-6-21-10-15;/h3-4,6,10,12,16,22H,5,7-9,11H2,1-2H3;1H. The quantitative estimate of drug-likeness (QED) is 0.683. The van der Waals surface area contributed by atoms with E-state index >= 15 is 0 Å². The monoisotopic (exact) mass is 433 g/mol. The molecule has 0 aliphatic carbocycles. The lowest BCUT2D eigenvalue weighted by Crippen LogP contribution is -2.49. The van der Waals surface area contributed by atoms with Crippen LogP contribution >= 0.6 is 23.7 Å². The van der Waals surface area contributed by atoms with E-state index in [0.717, 1.165) is 27.4 Å². The molecule has 0 bridgehead atoms. The summed E-state index contributed by atoms with van der Waals surface area (Å²) in [4.78, 5) is 38.1. The first-order chi connectivity index (χ1) is 13.6. The number of aromatic nitrogens is 3. The zero-order chi connectivity index (χ0) is 19.7. The van der Waals surface area contributed by atoms with Gasteiger partial charge in [-0.15, -0.1) is 23.7 Å². The summed E-state index contributed by atoms with van der Waals surface area (Å²) in [7, 11) is 0. The second kappa shape index (κ2) is 9.02. The molecular formula is C20H24ClN5O2S. The number of pyridine rings is 1. The Morgan fingerprint density at radius 3 is 2.97 bits per heavy atom. The van der Waals surface area contributed by atoms with Gasteiger partial charge in [0, 0.05) is 49.9 Å². The highest BCUT2D eigenvalue weighted by Gasteiger charge is 2.27. The summed E-state index contributed by atoms with van der Waals surface area (Å²) in [5, 5.41) is 4.02. The zero-order valence-corrected chi connectivity index (χ0v) is 18.1. The lowest BCUT2D eigenvalue weighted by Gasteiger charge is -2.36. The maximum absolute atomic E-state index is 12.9. The number of rotatable bonds is 4. The van der Waals surface area contributed by atoms with Crippen molar-refractivity contribution in [2.45, 2.75) is 32.9 Å². The molecule has 29 heavy (non-hydrogen) atoms. The van der Waals surface area contributed by atoms with Gasteiger partial charge < -0.3 is 10.2 Å². The van der Waals surface area contributed by atoms with Crippen molar-refractivity contribution in [3.8, 4) is 0 Å². The Morgan fingerprint density at radius 1 is 1.38 bits per heavy atom. The maximum Gasteiger partial charge on any atom is 0.262 e. The molecule has 0 aromatic carbocycles. The zero-order valence-electron chi connectivity index (χ0n) is 16.4.